The molecule has 1 fully saturated rings. The zero-order chi connectivity index (χ0) is 44.9. The predicted octanol–water partition coefficient (Wildman–Crippen LogP) is 5.02. The molecule has 4 aromatic rings. The largest absolute Gasteiger partial charge is 0.737 e. The van der Waals surface area contributed by atoms with Gasteiger partial charge in [0.15, 0.2) is 11.4 Å². The number of amides is 3. The second-order valence-corrected chi connectivity index (χ2v) is 18.1. The van der Waals surface area contributed by atoms with Crippen LogP contribution in [0.5, 0.6) is 0 Å². The minimum Gasteiger partial charge on any atom is -0.394 e. The summed E-state index contributed by atoms with van der Waals surface area (Å²) < 4.78 is 45.3. The number of nitrogens with one attached hydrogen (secondary N) is 3. The number of aryl methyl sites for hydroxylation is 2. The van der Waals surface area contributed by atoms with Crippen molar-refractivity contribution in [3.63, 3.8) is 0 Å². The summed E-state index contributed by atoms with van der Waals surface area (Å²) in [6, 6.07) is 12.7. The number of nitrogens with zero attached hydrogens (tertiary/aromatic N) is 4. The van der Waals surface area contributed by atoms with E-state index in [-0.39, 0.29) is 71.0 Å². The summed E-state index contributed by atoms with van der Waals surface area (Å²) in [5, 5.41) is 16.2. The third-order valence-corrected chi connectivity index (χ3v) is 12.5. The Morgan fingerprint density at radius 3 is 2.54 bits per heavy atom. The number of likely N-dealkylation sites (tertiary alicyclic amines) is 1. The lowest BCUT2D eigenvalue weighted by Gasteiger charge is -2.35. The van der Waals surface area contributed by atoms with Crippen molar-refractivity contribution in [2.24, 2.45) is 5.41 Å². The van der Waals surface area contributed by atoms with Gasteiger partial charge in [0.2, 0.25) is 17.7 Å². The van der Waals surface area contributed by atoms with E-state index >= 15 is 8.63 Å². The molecule has 3 aliphatic rings. The number of carbonyl (C=O) groups excluding carboxylic acids is 4. The molecular formula is C45H54BF2N7O7S. The highest BCUT2D eigenvalue weighted by molar-refractivity contribution is 7.13. The first-order chi connectivity index (χ1) is 30.1. The fourth-order valence-electron chi connectivity index (χ4n) is 8.24. The first kappa shape index (κ1) is 45.5. The number of hydrogen-bond donors (Lipinski definition) is 4. The molecule has 334 valence electrons. The average molecular weight is 886 g/mol. The Bertz CT molecular complexity index is 2400. The molecular weight excluding hydrogens is 831 g/mol. The summed E-state index contributed by atoms with van der Waals surface area (Å²) in [7, 11) is 0. The molecule has 0 bridgehead atoms. The van der Waals surface area contributed by atoms with Gasteiger partial charge in [0.25, 0.3) is 0 Å². The number of ether oxygens (including phenoxy) is 2. The number of ketones is 1. The zero-order valence-electron chi connectivity index (χ0n) is 35.9. The van der Waals surface area contributed by atoms with Crippen molar-refractivity contribution < 1.29 is 46.9 Å². The SMILES string of the molecule is Cc1ncsc1-c1ccc(CNC(=O)[C@@H]2C[C@@H](O)CN2C(=O)[C@@H](NC(=O)COCCOCCCC(=O)CCc2ccc3n2[B-](F)(F)[N+]2=C(c4ccc[nH]4)C=CC2=C3)C(C)(C)C)cc1. The fourth-order valence-corrected chi connectivity index (χ4v) is 9.06. The van der Waals surface area contributed by atoms with Gasteiger partial charge in [-0.25, -0.2) is 4.98 Å². The molecule has 0 aliphatic carbocycles. The van der Waals surface area contributed by atoms with Crippen LogP contribution in [0.15, 0.2) is 78.1 Å². The van der Waals surface area contributed by atoms with Crippen LogP contribution in [0.4, 0.5) is 8.63 Å². The molecule has 7 rings (SSSR count). The number of β-amino-alcohol motifs (C(OH)–C–C–N with tert-alkyl or cyclic N) is 1. The van der Waals surface area contributed by atoms with Crippen LogP contribution in [0.2, 0.25) is 0 Å². The Hall–Kier alpha value is -5.56. The van der Waals surface area contributed by atoms with Crippen molar-refractivity contribution in [1.29, 1.82) is 0 Å². The number of benzene rings is 1. The highest BCUT2D eigenvalue weighted by atomic mass is 32.1. The summed E-state index contributed by atoms with van der Waals surface area (Å²) in [6.45, 7) is 3.57. The Balaban J connectivity index is 0.802. The van der Waals surface area contributed by atoms with E-state index in [9.17, 15) is 24.3 Å². The second-order valence-electron chi connectivity index (χ2n) is 17.2. The van der Waals surface area contributed by atoms with Gasteiger partial charge in [-0.05, 0) is 66.3 Å². The standard InChI is InChI=1S/C45H54BF2N7O7S/c1-29-41(63-28-51-29)31-11-9-30(10-12-31)25-50-43(59)39-24-36(57)26-53(39)44(60)42(45(2,3)4)52-40(58)27-62-22-21-61-20-6-7-35(56)17-15-32-13-14-33-23-34-16-18-38(37-8-5-19-49-37)55(34)46(47,48)54(32)33/h5,8-14,16,18-19,23,28,36,39,42,49,57H,6-7,15,17,20-22,24-27H2,1-4H3,(H,50,59)(H,52,58)/t36-,39+,42-/m1/s1. The van der Waals surface area contributed by atoms with E-state index in [1.165, 1.54) is 4.90 Å². The third kappa shape index (κ3) is 10.5. The summed E-state index contributed by atoms with van der Waals surface area (Å²) in [6.07, 6.45) is 6.91. The van der Waals surface area contributed by atoms with Gasteiger partial charge < -0.3 is 52.7 Å². The third-order valence-electron chi connectivity index (χ3n) is 11.5. The second kappa shape index (κ2) is 19.5. The van der Waals surface area contributed by atoms with E-state index in [1.807, 2.05) is 31.2 Å². The molecule has 1 saturated heterocycles. The Kier molecular flexibility index (Phi) is 14.0. The normalized spacial score (nSPS) is 18.3. The van der Waals surface area contributed by atoms with Gasteiger partial charge in [-0.3, -0.25) is 19.2 Å². The number of hydrogen-bond acceptors (Lipinski definition) is 9. The average Bonchev–Trinajstić information content (AvgIpc) is 4.10. The molecule has 18 heteroatoms. The molecule has 0 saturated carbocycles. The Morgan fingerprint density at radius 1 is 1.05 bits per heavy atom. The topological polar surface area (TPSA) is 171 Å². The van der Waals surface area contributed by atoms with E-state index < -0.39 is 48.3 Å². The van der Waals surface area contributed by atoms with E-state index in [4.69, 9.17) is 9.47 Å². The number of aromatic amines is 1. The molecule has 4 N–H and O–H groups in total. The van der Waals surface area contributed by atoms with Crippen LogP contribution in [0.25, 0.3) is 16.5 Å². The lowest BCUT2D eigenvalue weighted by atomic mass is 9.85. The summed E-state index contributed by atoms with van der Waals surface area (Å²) in [5.41, 5.74) is 6.13. The van der Waals surface area contributed by atoms with Crippen LogP contribution < -0.4 is 10.6 Å². The minimum absolute atomic E-state index is 0.0409. The number of halogens is 2. The first-order valence-corrected chi connectivity index (χ1v) is 22.1. The van der Waals surface area contributed by atoms with Gasteiger partial charge in [-0.1, -0.05) is 45.0 Å². The van der Waals surface area contributed by atoms with Crippen molar-refractivity contribution in [2.75, 3.05) is 33.0 Å². The zero-order valence-corrected chi connectivity index (χ0v) is 36.8. The van der Waals surface area contributed by atoms with Crippen LogP contribution in [0.3, 0.4) is 0 Å². The maximum atomic E-state index is 16.0. The number of thiazole rings is 1. The van der Waals surface area contributed by atoms with Gasteiger partial charge >= 0.3 is 6.97 Å². The molecule has 63 heavy (non-hydrogen) atoms. The summed E-state index contributed by atoms with van der Waals surface area (Å²) in [5.74, 6) is -1.45. The maximum absolute atomic E-state index is 16.0. The molecule has 0 radical (unpaired) electrons. The number of Topliss-reactive ketones (excluding diaryl/α,β-unsaturated/α-hetero) is 1. The van der Waals surface area contributed by atoms with E-state index in [1.54, 1.807) is 86.3 Å². The van der Waals surface area contributed by atoms with Crippen LogP contribution >= 0.6 is 11.3 Å². The highest BCUT2D eigenvalue weighted by Gasteiger charge is 2.52. The van der Waals surface area contributed by atoms with Crippen molar-refractivity contribution in [3.8, 4) is 10.4 Å². The lowest BCUT2D eigenvalue weighted by molar-refractivity contribution is -0.360. The lowest BCUT2D eigenvalue weighted by Crippen LogP contribution is -2.58. The van der Waals surface area contributed by atoms with Gasteiger partial charge in [-0.2, -0.15) is 0 Å². The van der Waals surface area contributed by atoms with E-state index in [0.29, 0.717) is 34.9 Å². The van der Waals surface area contributed by atoms with E-state index in [2.05, 4.69) is 20.6 Å². The number of rotatable bonds is 19. The van der Waals surface area contributed by atoms with Gasteiger partial charge in [0.1, 0.15) is 30.2 Å². The minimum atomic E-state index is -4.18. The monoisotopic (exact) mass is 885 g/mol. The number of allylic oxidation sites excluding steroid dienone is 2. The van der Waals surface area contributed by atoms with Crippen LogP contribution in [0.1, 0.15) is 74.8 Å². The molecule has 0 unspecified atom stereocenters. The molecule has 14 nitrogen and oxygen atoms in total. The first-order valence-electron chi connectivity index (χ1n) is 21.3. The number of fused-ring (bicyclic) bond motifs is 2. The molecule has 3 aliphatic heterocycles. The fraction of sp³-hybridized carbons (Fsp3) is 0.422. The number of aliphatic hydroxyl groups is 1. The smallest absolute Gasteiger partial charge is 0.394 e. The number of aliphatic hydroxyl groups excluding tert-OH is 1. The number of aromatic nitrogens is 3. The van der Waals surface area contributed by atoms with Crippen molar-refractivity contribution in [1.82, 2.24) is 30.0 Å². The van der Waals surface area contributed by atoms with Crippen molar-refractivity contribution in [3.05, 3.63) is 106 Å². The molecule has 3 amide bonds. The van der Waals surface area contributed by atoms with Gasteiger partial charge in [-0.15, -0.1) is 11.3 Å². The Labute approximate surface area is 369 Å². The van der Waals surface area contributed by atoms with Crippen LogP contribution in [-0.4, -0.2) is 116 Å². The maximum Gasteiger partial charge on any atom is 0.737 e. The number of H-pyrrole nitrogens is 1. The predicted molar refractivity (Wildman–Crippen MR) is 236 cm³/mol. The summed E-state index contributed by atoms with van der Waals surface area (Å²) in [4.78, 5) is 62.8. The molecule has 6 heterocycles. The highest BCUT2D eigenvalue weighted by Crippen LogP contribution is 2.34. The molecule has 3 aromatic heterocycles. The summed E-state index contributed by atoms with van der Waals surface area (Å²) >= 11 is 1.56. The van der Waals surface area contributed by atoms with Gasteiger partial charge in [0.05, 0.1) is 35.4 Å². The molecule has 0 spiro atoms. The van der Waals surface area contributed by atoms with E-state index in [0.717, 1.165) is 30.7 Å². The molecule has 1 aromatic carbocycles. The van der Waals surface area contributed by atoms with Crippen LogP contribution in [-0.2, 0) is 41.6 Å². The van der Waals surface area contributed by atoms with Gasteiger partial charge in [0, 0.05) is 69.1 Å². The molecule has 3 atom stereocenters. The Morgan fingerprint density at radius 2 is 1.83 bits per heavy atom. The number of carbonyl (C=O) groups is 4. The van der Waals surface area contributed by atoms with Crippen molar-refractivity contribution >= 4 is 53.6 Å². The van der Waals surface area contributed by atoms with Crippen LogP contribution in [0, 0.1) is 12.3 Å². The van der Waals surface area contributed by atoms with Crippen molar-refractivity contribution in [2.45, 2.75) is 84.5 Å². The quantitative estimate of drug-likeness (QED) is 0.0752.